The fraction of sp³-hybridized carbons (Fsp3) is 0.348. The number of ether oxygens (including phenoxy) is 2. The van der Waals surface area contributed by atoms with Gasteiger partial charge in [0.1, 0.15) is 17.6 Å². The number of amides is 1. The number of aryl methyl sites for hydroxylation is 1. The Morgan fingerprint density at radius 2 is 2.06 bits per heavy atom. The molecule has 2 aromatic carbocycles. The molecule has 1 aliphatic rings. The molecule has 2 heterocycles. The molecule has 1 amide bonds. The Balaban J connectivity index is 1.59. The number of rotatable bonds is 6. The molecule has 0 fully saturated rings. The van der Waals surface area contributed by atoms with Crippen molar-refractivity contribution in [3.05, 3.63) is 67.7 Å². The zero-order valence-electron chi connectivity index (χ0n) is 17.8. The maximum Gasteiger partial charge on any atom is 0.316 e. The number of nitrogens with zero attached hydrogens (tertiary/aromatic N) is 1. The van der Waals surface area contributed by atoms with Gasteiger partial charge < -0.3 is 24.3 Å². The predicted molar refractivity (Wildman–Crippen MR) is 117 cm³/mol. The average Bonchev–Trinajstić information content (AvgIpc) is 3.11. The highest BCUT2D eigenvalue weighted by Gasteiger charge is 2.22. The Hall–Kier alpha value is -3.55. The average molecular weight is 423 g/mol. The summed E-state index contributed by atoms with van der Waals surface area (Å²) in [5, 5.41) is 2.90. The molecule has 8 nitrogen and oxygen atoms in total. The first kappa shape index (κ1) is 20.7. The van der Waals surface area contributed by atoms with E-state index in [0.29, 0.717) is 29.7 Å². The van der Waals surface area contributed by atoms with E-state index >= 15 is 0 Å². The molecule has 31 heavy (non-hydrogen) atoms. The summed E-state index contributed by atoms with van der Waals surface area (Å²) in [5.41, 5.74) is 2.02. The highest BCUT2D eigenvalue weighted by molar-refractivity contribution is 5.97. The number of aromatic nitrogens is 2. The molecule has 1 aliphatic heterocycles. The van der Waals surface area contributed by atoms with Gasteiger partial charge in [-0.25, -0.2) is 0 Å². The molecule has 3 aromatic rings. The smallest absolute Gasteiger partial charge is 0.316 e. The van der Waals surface area contributed by atoms with E-state index in [9.17, 15) is 14.4 Å². The summed E-state index contributed by atoms with van der Waals surface area (Å²) in [6, 6.07) is 8.78. The molecule has 0 saturated carbocycles. The highest BCUT2D eigenvalue weighted by atomic mass is 16.5. The van der Waals surface area contributed by atoms with Crippen LogP contribution in [0.4, 0.5) is 0 Å². The predicted octanol–water partition coefficient (Wildman–Crippen LogP) is 2.36. The van der Waals surface area contributed by atoms with Gasteiger partial charge in [0, 0.05) is 36.2 Å². The summed E-state index contributed by atoms with van der Waals surface area (Å²) >= 11 is 0. The van der Waals surface area contributed by atoms with Crippen molar-refractivity contribution in [3.8, 4) is 11.5 Å². The molecule has 2 N–H and O–H groups in total. The van der Waals surface area contributed by atoms with Crippen molar-refractivity contribution in [2.24, 2.45) is 0 Å². The molecule has 1 atom stereocenters. The number of hydrogen-bond acceptors (Lipinski definition) is 5. The van der Waals surface area contributed by atoms with Crippen molar-refractivity contribution in [1.29, 1.82) is 0 Å². The van der Waals surface area contributed by atoms with Gasteiger partial charge in [0.25, 0.3) is 5.91 Å². The number of fused-ring (bicyclic) bond motifs is 2. The van der Waals surface area contributed by atoms with Crippen LogP contribution in [0.25, 0.3) is 11.0 Å². The number of nitrogens with one attached hydrogen (secondary N) is 2. The number of H-pyrrole nitrogens is 1. The second kappa shape index (κ2) is 8.29. The molecule has 1 aromatic heterocycles. The van der Waals surface area contributed by atoms with Crippen molar-refractivity contribution in [1.82, 2.24) is 14.9 Å². The van der Waals surface area contributed by atoms with Crippen LogP contribution in [0.3, 0.4) is 0 Å². The minimum Gasteiger partial charge on any atom is -0.494 e. The first-order valence-electron chi connectivity index (χ1n) is 10.4. The Morgan fingerprint density at radius 1 is 1.26 bits per heavy atom. The molecule has 8 heteroatoms. The van der Waals surface area contributed by atoms with Gasteiger partial charge in [0.15, 0.2) is 0 Å². The lowest BCUT2D eigenvalue weighted by Gasteiger charge is -2.14. The van der Waals surface area contributed by atoms with Gasteiger partial charge >= 0.3 is 11.1 Å². The van der Waals surface area contributed by atoms with Gasteiger partial charge in [-0.1, -0.05) is 0 Å². The maximum absolute atomic E-state index is 12.8. The molecular weight excluding hydrogens is 398 g/mol. The van der Waals surface area contributed by atoms with E-state index in [1.54, 1.807) is 25.1 Å². The van der Waals surface area contributed by atoms with E-state index in [0.717, 1.165) is 29.0 Å². The standard InChI is InChI=1S/C23H25N3O5/c1-4-26-18-7-6-14(9-17(18)25-22(28)23(26)29)21(27)24-12-16-11-20-15(8-13(3)31-20)10-19(16)30-5-2/h6-7,9-11,13H,4-5,8,12H2,1-3H3,(H,24,27)(H,25,28). The van der Waals surface area contributed by atoms with Crippen LogP contribution in [0.15, 0.2) is 39.9 Å². The van der Waals surface area contributed by atoms with Crippen molar-refractivity contribution >= 4 is 16.9 Å². The number of aromatic amines is 1. The lowest BCUT2D eigenvalue weighted by molar-refractivity contribution is 0.0950. The van der Waals surface area contributed by atoms with Gasteiger partial charge in [-0.05, 0) is 51.1 Å². The molecule has 4 rings (SSSR count). The normalized spacial score (nSPS) is 14.9. The van der Waals surface area contributed by atoms with Crippen LogP contribution in [0, 0.1) is 0 Å². The zero-order chi connectivity index (χ0) is 22.1. The summed E-state index contributed by atoms with van der Waals surface area (Å²) in [6.07, 6.45) is 0.953. The largest absolute Gasteiger partial charge is 0.494 e. The van der Waals surface area contributed by atoms with Gasteiger partial charge in [0.2, 0.25) is 0 Å². The van der Waals surface area contributed by atoms with Crippen molar-refractivity contribution in [2.75, 3.05) is 6.61 Å². The topological polar surface area (TPSA) is 102 Å². The Labute approximate surface area is 178 Å². The van der Waals surface area contributed by atoms with Crippen molar-refractivity contribution in [2.45, 2.75) is 46.4 Å². The van der Waals surface area contributed by atoms with Crippen LogP contribution in [0.5, 0.6) is 11.5 Å². The fourth-order valence-electron chi connectivity index (χ4n) is 3.92. The van der Waals surface area contributed by atoms with Crippen LogP contribution in [0.1, 0.15) is 42.3 Å². The van der Waals surface area contributed by atoms with Crippen LogP contribution in [0.2, 0.25) is 0 Å². The molecule has 162 valence electrons. The monoisotopic (exact) mass is 423 g/mol. The van der Waals surface area contributed by atoms with E-state index in [-0.39, 0.29) is 18.6 Å². The minimum absolute atomic E-state index is 0.120. The first-order valence-corrected chi connectivity index (χ1v) is 10.4. The SMILES string of the molecule is CCOc1cc2c(cc1CNC(=O)c1ccc3c(c1)[nH]c(=O)c(=O)n3CC)OC(C)C2. The quantitative estimate of drug-likeness (QED) is 0.593. The van der Waals surface area contributed by atoms with Crippen LogP contribution >= 0.6 is 0 Å². The summed E-state index contributed by atoms with van der Waals surface area (Å²) in [5.74, 6) is 1.25. The van der Waals surface area contributed by atoms with E-state index in [4.69, 9.17) is 9.47 Å². The highest BCUT2D eigenvalue weighted by Crippen LogP contribution is 2.35. The molecule has 0 bridgehead atoms. The number of carbonyl (C=O) groups excluding carboxylic acids is 1. The third kappa shape index (κ3) is 3.93. The number of hydrogen-bond donors (Lipinski definition) is 2. The molecule has 0 saturated heterocycles. The molecule has 0 radical (unpaired) electrons. The summed E-state index contributed by atoms with van der Waals surface area (Å²) in [6.45, 7) is 6.88. The zero-order valence-corrected chi connectivity index (χ0v) is 17.8. The van der Waals surface area contributed by atoms with Gasteiger partial charge in [-0.3, -0.25) is 14.4 Å². The Kier molecular flexibility index (Phi) is 5.54. The fourth-order valence-corrected chi connectivity index (χ4v) is 3.92. The van der Waals surface area contributed by atoms with Gasteiger partial charge in [0.05, 0.1) is 17.6 Å². The summed E-state index contributed by atoms with van der Waals surface area (Å²) < 4.78 is 13.0. The first-order chi connectivity index (χ1) is 14.9. The summed E-state index contributed by atoms with van der Waals surface area (Å²) in [7, 11) is 0. The molecular formula is C23H25N3O5. The summed E-state index contributed by atoms with van der Waals surface area (Å²) in [4.78, 5) is 39.2. The third-order valence-electron chi connectivity index (χ3n) is 5.37. The van der Waals surface area contributed by atoms with Crippen LogP contribution in [-0.4, -0.2) is 28.2 Å². The molecule has 1 unspecified atom stereocenters. The van der Waals surface area contributed by atoms with E-state index in [1.807, 2.05) is 26.0 Å². The van der Waals surface area contributed by atoms with E-state index in [1.165, 1.54) is 4.57 Å². The number of carbonyl (C=O) groups is 1. The Bertz CT molecular complexity index is 1270. The third-order valence-corrected chi connectivity index (χ3v) is 5.37. The van der Waals surface area contributed by atoms with E-state index < -0.39 is 11.1 Å². The van der Waals surface area contributed by atoms with Crippen LogP contribution in [-0.2, 0) is 19.5 Å². The molecule has 0 aliphatic carbocycles. The Morgan fingerprint density at radius 3 is 2.81 bits per heavy atom. The van der Waals surface area contributed by atoms with Crippen molar-refractivity contribution in [3.63, 3.8) is 0 Å². The van der Waals surface area contributed by atoms with Gasteiger partial charge in [-0.15, -0.1) is 0 Å². The maximum atomic E-state index is 12.8. The molecule has 0 spiro atoms. The lowest BCUT2D eigenvalue weighted by Crippen LogP contribution is -2.36. The van der Waals surface area contributed by atoms with Gasteiger partial charge in [-0.2, -0.15) is 0 Å². The van der Waals surface area contributed by atoms with E-state index in [2.05, 4.69) is 10.3 Å². The van der Waals surface area contributed by atoms with Crippen molar-refractivity contribution < 1.29 is 14.3 Å². The second-order valence-electron chi connectivity index (χ2n) is 7.55. The lowest BCUT2D eigenvalue weighted by atomic mass is 10.1. The minimum atomic E-state index is -0.708. The van der Waals surface area contributed by atoms with Crippen LogP contribution < -0.4 is 25.9 Å². The second-order valence-corrected chi connectivity index (χ2v) is 7.55. The number of benzene rings is 2.